The van der Waals surface area contributed by atoms with Crippen molar-refractivity contribution >= 4 is 43.7 Å². The summed E-state index contributed by atoms with van der Waals surface area (Å²) in [6, 6.07) is 22.3. The van der Waals surface area contributed by atoms with Gasteiger partial charge >= 0.3 is 5.97 Å². The van der Waals surface area contributed by atoms with E-state index in [2.05, 4.69) is 31.9 Å². The molecule has 1 saturated carbocycles. The summed E-state index contributed by atoms with van der Waals surface area (Å²) in [7, 11) is 0. The van der Waals surface area contributed by atoms with Gasteiger partial charge in [0.05, 0.1) is 5.41 Å². The highest BCUT2D eigenvalue weighted by Crippen LogP contribution is 2.88. The number of rotatable bonds is 4. The summed E-state index contributed by atoms with van der Waals surface area (Å²) in [6.07, 6.45) is 0.419. The lowest BCUT2D eigenvalue weighted by Crippen LogP contribution is -2.51. The first kappa shape index (κ1) is 22.0. The molecule has 1 saturated heterocycles. The van der Waals surface area contributed by atoms with Gasteiger partial charge in [-0.15, -0.1) is 0 Å². The molecule has 7 heteroatoms. The summed E-state index contributed by atoms with van der Waals surface area (Å²) in [6.45, 7) is 2.12. The monoisotopic (exact) mass is 581 g/mol. The highest BCUT2D eigenvalue weighted by Gasteiger charge is 2.97. The molecule has 4 unspecified atom stereocenters. The van der Waals surface area contributed by atoms with E-state index < -0.39 is 28.4 Å². The smallest absolute Gasteiger partial charge is 0.328 e. The molecule has 2 aliphatic heterocycles. The zero-order valence-electron chi connectivity index (χ0n) is 18.3. The Bertz CT molecular complexity index is 1340. The number of carbonyl (C=O) groups is 2. The fourth-order valence-electron chi connectivity index (χ4n) is 6.61. The van der Waals surface area contributed by atoms with Crippen LogP contribution >= 0.6 is 31.9 Å². The van der Waals surface area contributed by atoms with Gasteiger partial charge in [0.2, 0.25) is 5.91 Å². The van der Waals surface area contributed by atoms with Crippen LogP contribution in [0, 0.1) is 10.8 Å². The van der Waals surface area contributed by atoms with Gasteiger partial charge in [-0.25, -0.2) is 0 Å². The third kappa shape index (κ3) is 2.42. The van der Waals surface area contributed by atoms with Gasteiger partial charge in [0, 0.05) is 32.5 Å². The second-order valence-electron chi connectivity index (χ2n) is 9.19. The van der Waals surface area contributed by atoms with E-state index in [0.29, 0.717) is 17.7 Å². The standard InChI is InChI=1S/C27H21Br2NO4/c1-2-25-22-20-14-19(29)12-13-21(20)34-24(32)26(22,25)23(31)30(15-16-6-4-3-5-7-16)27(25,33)17-8-10-18(28)11-9-17/h3-14,22,33H,2,15H2,1H3. The van der Waals surface area contributed by atoms with Gasteiger partial charge in [0.15, 0.2) is 11.1 Å². The fourth-order valence-corrected chi connectivity index (χ4v) is 7.25. The van der Waals surface area contributed by atoms with E-state index in [1.54, 1.807) is 6.07 Å². The second-order valence-corrected chi connectivity index (χ2v) is 11.0. The first-order chi connectivity index (χ1) is 16.3. The van der Waals surface area contributed by atoms with Crippen LogP contribution in [0.1, 0.15) is 36.0 Å². The molecule has 3 aliphatic rings. The lowest BCUT2D eigenvalue weighted by molar-refractivity contribution is -0.172. The number of hydrogen-bond acceptors (Lipinski definition) is 4. The molecular weight excluding hydrogens is 562 g/mol. The topological polar surface area (TPSA) is 66.8 Å². The van der Waals surface area contributed by atoms with Gasteiger partial charge in [-0.2, -0.15) is 0 Å². The van der Waals surface area contributed by atoms with Crippen molar-refractivity contribution in [1.29, 1.82) is 0 Å². The molecule has 0 radical (unpaired) electrons. The summed E-state index contributed by atoms with van der Waals surface area (Å²) in [5.74, 6) is -0.993. The van der Waals surface area contributed by atoms with Crippen LogP contribution in [0.3, 0.4) is 0 Å². The number of aliphatic hydroxyl groups is 1. The number of hydrogen-bond donors (Lipinski definition) is 1. The summed E-state index contributed by atoms with van der Waals surface area (Å²) >= 11 is 6.98. The molecule has 3 aromatic carbocycles. The van der Waals surface area contributed by atoms with Crippen molar-refractivity contribution in [2.45, 2.75) is 31.5 Å². The van der Waals surface area contributed by atoms with Gasteiger partial charge in [0.1, 0.15) is 5.75 Å². The molecule has 1 amide bonds. The Balaban J connectivity index is 1.61. The highest BCUT2D eigenvalue weighted by molar-refractivity contribution is 9.10. The molecule has 4 atom stereocenters. The maximum absolute atomic E-state index is 14.3. The van der Waals surface area contributed by atoms with Crippen molar-refractivity contribution in [2.24, 2.45) is 10.8 Å². The minimum absolute atomic E-state index is 0.182. The van der Waals surface area contributed by atoms with E-state index in [-0.39, 0.29) is 12.5 Å². The molecule has 172 valence electrons. The number of benzene rings is 3. The fraction of sp³-hybridized carbons (Fsp3) is 0.259. The second kappa shape index (κ2) is 7.26. The van der Waals surface area contributed by atoms with Crippen LogP contribution in [-0.4, -0.2) is 21.9 Å². The molecule has 1 spiro atoms. The largest absolute Gasteiger partial charge is 0.425 e. The number of ether oxygens (including phenoxy) is 1. The number of esters is 1. The van der Waals surface area contributed by atoms with E-state index in [1.165, 1.54) is 4.90 Å². The molecule has 0 aromatic heterocycles. The van der Waals surface area contributed by atoms with E-state index >= 15 is 0 Å². The Hall–Kier alpha value is -2.48. The molecule has 0 bridgehead atoms. The van der Waals surface area contributed by atoms with Gasteiger partial charge in [-0.3, -0.25) is 9.59 Å². The Labute approximate surface area is 214 Å². The average molecular weight is 583 g/mol. The first-order valence-corrected chi connectivity index (χ1v) is 12.8. The van der Waals surface area contributed by atoms with E-state index in [4.69, 9.17) is 4.74 Å². The van der Waals surface area contributed by atoms with Gasteiger partial charge in [0.25, 0.3) is 0 Å². The predicted octanol–water partition coefficient (Wildman–Crippen LogP) is 5.50. The molecule has 2 heterocycles. The van der Waals surface area contributed by atoms with Gasteiger partial charge < -0.3 is 14.7 Å². The Morgan fingerprint density at radius 2 is 1.65 bits per heavy atom. The molecule has 5 nitrogen and oxygen atoms in total. The van der Waals surface area contributed by atoms with Crippen molar-refractivity contribution < 1.29 is 19.4 Å². The summed E-state index contributed by atoms with van der Waals surface area (Å²) < 4.78 is 7.46. The Morgan fingerprint density at radius 3 is 2.32 bits per heavy atom. The summed E-state index contributed by atoms with van der Waals surface area (Å²) in [4.78, 5) is 29.4. The Morgan fingerprint density at radius 1 is 0.971 bits per heavy atom. The summed E-state index contributed by atoms with van der Waals surface area (Å²) in [5, 5.41) is 12.7. The first-order valence-electron chi connectivity index (χ1n) is 11.2. The van der Waals surface area contributed by atoms with Gasteiger partial charge in [-0.1, -0.05) is 81.2 Å². The lowest BCUT2D eigenvalue weighted by Gasteiger charge is -2.42. The lowest BCUT2D eigenvalue weighted by atomic mass is 9.79. The number of fused-ring (bicyclic) bond motifs is 3. The quantitative estimate of drug-likeness (QED) is 0.251. The normalized spacial score (nSPS) is 30.9. The molecule has 34 heavy (non-hydrogen) atoms. The maximum atomic E-state index is 14.3. The SMILES string of the molecule is CCC12C3c4cc(Br)ccc4OC(=O)C31C(=O)N(Cc1ccccc1)C2(O)c1ccc(Br)cc1. The van der Waals surface area contributed by atoms with Crippen LogP contribution in [0.5, 0.6) is 5.75 Å². The zero-order chi connectivity index (χ0) is 23.9. The third-order valence-electron chi connectivity index (χ3n) is 7.94. The minimum Gasteiger partial charge on any atom is -0.425 e. The van der Waals surface area contributed by atoms with Crippen molar-refractivity contribution in [3.8, 4) is 5.75 Å². The van der Waals surface area contributed by atoms with Crippen LogP contribution < -0.4 is 4.74 Å². The van der Waals surface area contributed by atoms with Crippen LogP contribution in [0.15, 0.2) is 81.7 Å². The van der Waals surface area contributed by atoms with Crippen LogP contribution in [-0.2, 0) is 21.9 Å². The predicted molar refractivity (Wildman–Crippen MR) is 133 cm³/mol. The maximum Gasteiger partial charge on any atom is 0.328 e. The van der Waals surface area contributed by atoms with Crippen LogP contribution in [0.4, 0.5) is 0 Å². The highest BCUT2D eigenvalue weighted by atomic mass is 79.9. The number of likely N-dealkylation sites (tertiary alicyclic amines) is 1. The number of carbonyl (C=O) groups excluding carboxylic acids is 2. The average Bonchev–Trinajstić information content (AvgIpc) is 3.46. The molecule has 3 aromatic rings. The van der Waals surface area contributed by atoms with Crippen molar-refractivity contribution in [2.75, 3.05) is 0 Å². The molecule has 2 fully saturated rings. The van der Waals surface area contributed by atoms with Crippen molar-refractivity contribution in [1.82, 2.24) is 4.90 Å². The van der Waals surface area contributed by atoms with Crippen LogP contribution in [0.2, 0.25) is 0 Å². The number of halogens is 2. The molecular formula is C27H21Br2NO4. The zero-order valence-corrected chi connectivity index (χ0v) is 21.5. The van der Waals surface area contributed by atoms with Gasteiger partial charge in [-0.05, 0) is 42.3 Å². The van der Waals surface area contributed by atoms with Crippen molar-refractivity contribution in [3.63, 3.8) is 0 Å². The number of nitrogens with zero attached hydrogens (tertiary/aromatic N) is 1. The van der Waals surface area contributed by atoms with Crippen molar-refractivity contribution in [3.05, 3.63) is 98.4 Å². The number of amides is 1. The van der Waals surface area contributed by atoms with E-state index in [0.717, 1.165) is 20.1 Å². The molecule has 1 N–H and O–H groups in total. The Kier molecular flexibility index (Phi) is 4.70. The molecule has 1 aliphatic carbocycles. The number of piperidine rings is 1. The van der Waals surface area contributed by atoms with E-state index in [9.17, 15) is 14.7 Å². The van der Waals surface area contributed by atoms with Crippen LogP contribution in [0.25, 0.3) is 0 Å². The third-order valence-corrected chi connectivity index (χ3v) is 8.96. The summed E-state index contributed by atoms with van der Waals surface area (Å²) in [5.41, 5.74) is -2.01. The molecule has 6 rings (SSSR count). The van der Waals surface area contributed by atoms with E-state index in [1.807, 2.05) is 73.7 Å². The minimum atomic E-state index is -1.71.